The molecule has 8 nitrogen and oxygen atoms in total. The van der Waals surface area contributed by atoms with Gasteiger partial charge in [-0.1, -0.05) is 36.4 Å². The number of nitrogens with one attached hydrogen (secondary N) is 1. The summed E-state index contributed by atoms with van der Waals surface area (Å²) in [7, 11) is 4.58. The molecule has 0 fully saturated rings. The number of rotatable bonds is 6. The third-order valence-corrected chi connectivity index (χ3v) is 5.27. The molecule has 0 saturated carbocycles. The van der Waals surface area contributed by atoms with Crippen molar-refractivity contribution in [3.63, 3.8) is 0 Å². The molecule has 2 aromatic heterocycles. The lowest BCUT2D eigenvalue weighted by Crippen LogP contribution is -2.39. The highest BCUT2D eigenvalue weighted by Crippen LogP contribution is 2.31. The second kappa shape index (κ2) is 8.99. The summed E-state index contributed by atoms with van der Waals surface area (Å²) in [6.07, 6.45) is 3.30. The predicted octanol–water partition coefficient (Wildman–Crippen LogP) is 2.78. The van der Waals surface area contributed by atoms with Crippen molar-refractivity contribution in [1.29, 1.82) is 0 Å². The molecule has 4 rings (SSSR count). The molecule has 8 heteroatoms. The molecule has 2 aromatic carbocycles. The summed E-state index contributed by atoms with van der Waals surface area (Å²) < 4.78 is 1.39. The van der Waals surface area contributed by atoms with Crippen LogP contribution in [0.1, 0.15) is 0 Å². The van der Waals surface area contributed by atoms with Crippen molar-refractivity contribution < 1.29 is 9.63 Å². The van der Waals surface area contributed by atoms with Gasteiger partial charge in [0.15, 0.2) is 0 Å². The molecule has 0 aliphatic rings. The second-order valence-electron chi connectivity index (χ2n) is 7.19. The lowest BCUT2D eigenvalue weighted by Gasteiger charge is -2.23. The fourth-order valence-corrected chi connectivity index (χ4v) is 3.56. The van der Waals surface area contributed by atoms with E-state index in [4.69, 9.17) is 9.82 Å². The van der Waals surface area contributed by atoms with Crippen LogP contribution >= 0.6 is 0 Å². The number of hydrogen-bond donors (Lipinski definition) is 1. The molecular formula is C24H23N5O3. The molecule has 2 heterocycles. The first-order valence-corrected chi connectivity index (χ1v) is 10.1. The van der Waals surface area contributed by atoms with Gasteiger partial charge in [0.25, 0.3) is 5.56 Å². The van der Waals surface area contributed by atoms with E-state index in [1.165, 1.54) is 23.8 Å². The second-order valence-corrected chi connectivity index (χ2v) is 7.19. The van der Waals surface area contributed by atoms with Crippen LogP contribution in [0.4, 0.5) is 5.95 Å². The Kier molecular flexibility index (Phi) is 5.96. The van der Waals surface area contributed by atoms with Gasteiger partial charge in [-0.25, -0.2) is 10.0 Å². The largest absolute Gasteiger partial charge is 0.358 e. The number of hydroxylamine groups is 1. The molecular weight excluding hydrogens is 406 g/mol. The number of amides is 1. The van der Waals surface area contributed by atoms with Crippen LogP contribution in [0.15, 0.2) is 71.8 Å². The SMILES string of the molecule is CNC(=O)CN(OC)c1nc(-c2ccncc2)c(-c2ccc3ccccc3c2)c(=O)n1C. The van der Waals surface area contributed by atoms with E-state index in [-0.39, 0.29) is 24.0 Å². The zero-order valence-electron chi connectivity index (χ0n) is 18.1. The summed E-state index contributed by atoms with van der Waals surface area (Å²) in [5.74, 6) is -0.0531. The first-order chi connectivity index (χ1) is 15.5. The molecule has 0 atom stereocenters. The Morgan fingerprint density at radius 3 is 2.47 bits per heavy atom. The number of aromatic nitrogens is 3. The van der Waals surface area contributed by atoms with Crippen molar-refractivity contribution in [3.8, 4) is 22.4 Å². The first kappa shape index (κ1) is 21.2. The predicted molar refractivity (Wildman–Crippen MR) is 124 cm³/mol. The number of benzene rings is 2. The number of fused-ring (bicyclic) bond motifs is 1. The monoisotopic (exact) mass is 429 g/mol. The number of hydrogen-bond acceptors (Lipinski definition) is 6. The summed E-state index contributed by atoms with van der Waals surface area (Å²) in [5.41, 5.74) is 2.18. The van der Waals surface area contributed by atoms with E-state index < -0.39 is 0 Å². The van der Waals surface area contributed by atoms with Crippen LogP contribution in [0.25, 0.3) is 33.2 Å². The lowest BCUT2D eigenvalue weighted by atomic mass is 9.98. The fourth-order valence-electron chi connectivity index (χ4n) is 3.56. The van der Waals surface area contributed by atoms with Gasteiger partial charge in [-0.05, 0) is 34.5 Å². The van der Waals surface area contributed by atoms with Gasteiger partial charge in [0.05, 0.1) is 18.4 Å². The number of likely N-dealkylation sites (N-methyl/N-ethyl adjacent to an activating group) is 1. The summed E-state index contributed by atoms with van der Waals surface area (Å²) in [6, 6.07) is 17.5. The Balaban J connectivity index is 1.98. The van der Waals surface area contributed by atoms with Crippen LogP contribution in [-0.4, -0.2) is 41.1 Å². The Morgan fingerprint density at radius 2 is 1.78 bits per heavy atom. The van der Waals surface area contributed by atoms with E-state index in [1.807, 2.05) is 42.5 Å². The van der Waals surface area contributed by atoms with E-state index in [0.717, 1.165) is 21.9 Å². The van der Waals surface area contributed by atoms with Crippen molar-refractivity contribution >= 4 is 22.6 Å². The third-order valence-electron chi connectivity index (χ3n) is 5.27. The minimum Gasteiger partial charge on any atom is -0.358 e. The number of nitrogens with zero attached hydrogens (tertiary/aromatic N) is 4. The smallest absolute Gasteiger partial charge is 0.263 e. The van der Waals surface area contributed by atoms with Gasteiger partial charge in [0.1, 0.15) is 6.54 Å². The quantitative estimate of drug-likeness (QED) is 0.474. The average molecular weight is 429 g/mol. The van der Waals surface area contributed by atoms with Crippen molar-refractivity contribution in [2.24, 2.45) is 7.05 Å². The molecule has 162 valence electrons. The molecule has 0 bridgehead atoms. The Morgan fingerprint density at radius 1 is 1.06 bits per heavy atom. The molecule has 0 aliphatic heterocycles. The van der Waals surface area contributed by atoms with E-state index >= 15 is 0 Å². The third kappa shape index (κ3) is 3.95. The molecule has 1 N–H and O–H groups in total. The van der Waals surface area contributed by atoms with Gasteiger partial charge in [-0.15, -0.1) is 0 Å². The molecule has 0 unspecified atom stereocenters. The lowest BCUT2D eigenvalue weighted by molar-refractivity contribution is -0.120. The molecule has 32 heavy (non-hydrogen) atoms. The number of anilines is 1. The van der Waals surface area contributed by atoms with Gasteiger partial charge < -0.3 is 5.32 Å². The minimum atomic E-state index is -0.273. The van der Waals surface area contributed by atoms with Gasteiger partial charge in [0, 0.05) is 32.1 Å². The van der Waals surface area contributed by atoms with Crippen LogP contribution < -0.4 is 15.9 Å². The fraction of sp³-hybridized carbons (Fsp3) is 0.167. The van der Waals surface area contributed by atoms with Crippen LogP contribution in [0.3, 0.4) is 0 Å². The van der Waals surface area contributed by atoms with E-state index in [1.54, 1.807) is 31.6 Å². The number of carbonyl (C=O) groups is 1. The Hall–Kier alpha value is -4.04. The maximum Gasteiger partial charge on any atom is 0.263 e. The Labute approximate surface area is 185 Å². The molecule has 1 amide bonds. The zero-order chi connectivity index (χ0) is 22.7. The number of pyridine rings is 1. The standard InChI is InChI=1S/C24H23N5O3/c1-25-20(30)15-29(32-3)24-27-22(17-10-12-26-13-11-17)21(23(31)28(24)2)19-9-8-16-6-4-5-7-18(16)14-19/h4-14H,15H2,1-3H3,(H,25,30). The summed E-state index contributed by atoms with van der Waals surface area (Å²) in [4.78, 5) is 39.8. The van der Waals surface area contributed by atoms with Gasteiger partial charge >= 0.3 is 0 Å². The zero-order valence-corrected chi connectivity index (χ0v) is 18.1. The van der Waals surface area contributed by atoms with Crippen molar-refractivity contribution in [2.45, 2.75) is 0 Å². The normalized spacial score (nSPS) is 10.8. The Bertz CT molecular complexity index is 1330. The molecule has 0 radical (unpaired) electrons. The minimum absolute atomic E-state index is 0.113. The van der Waals surface area contributed by atoms with Crippen molar-refractivity contribution in [3.05, 3.63) is 77.3 Å². The van der Waals surface area contributed by atoms with Crippen LogP contribution in [0.2, 0.25) is 0 Å². The molecule has 0 saturated heterocycles. The van der Waals surface area contributed by atoms with Crippen molar-refractivity contribution in [1.82, 2.24) is 19.9 Å². The van der Waals surface area contributed by atoms with Gasteiger partial charge in [-0.2, -0.15) is 0 Å². The van der Waals surface area contributed by atoms with E-state index in [0.29, 0.717) is 11.3 Å². The maximum atomic E-state index is 13.6. The van der Waals surface area contributed by atoms with Gasteiger partial charge in [-0.3, -0.25) is 24.0 Å². The van der Waals surface area contributed by atoms with Crippen molar-refractivity contribution in [2.75, 3.05) is 25.8 Å². The summed E-state index contributed by atoms with van der Waals surface area (Å²) >= 11 is 0. The van der Waals surface area contributed by atoms with Crippen LogP contribution in [0, 0.1) is 0 Å². The van der Waals surface area contributed by atoms with Crippen LogP contribution in [-0.2, 0) is 16.7 Å². The summed E-state index contributed by atoms with van der Waals surface area (Å²) in [6.45, 7) is -0.113. The average Bonchev–Trinajstić information content (AvgIpc) is 2.84. The highest BCUT2D eigenvalue weighted by atomic mass is 16.7. The maximum absolute atomic E-state index is 13.6. The van der Waals surface area contributed by atoms with E-state index in [9.17, 15) is 9.59 Å². The molecule has 0 spiro atoms. The molecule has 0 aliphatic carbocycles. The number of carbonyl (C=O) groups excluding carboxylic acids is 1. The first-order valence-electron chi connectivity index (χ1n) is 10.1. The topological polar surface area (TPSA) is 89.4 Å². The highest BCUT2D eigenvalue weighted by Gasteiger charge is 2.22. The summed E-state index contributed by atoms with van der Waals surface area (Å²) in [5, 5.41) is 5.94. The van der Waals surface area contributed by atoms with E-state index in [2.05, 4.69) is 10.3 Å². The highest BCUT2D eigenvalue weighted by molar-refractivity contribution is 5.90. The van der Waals surface area contributed by atoms with Gasteiger partial charge in [0.2, 0.25) is 11.9 Å². The van der Waals surface area contributed by atoms with Crippen LogP contribution in [0.5, 0.6) is 0 Å². The molecule has 4 aromatic rings.